The number of fused-ring (bicyclic) bond motifs is 1. The van der Waals surface area contributed by atoms with Crippen molar-refractivity contribution in [3.05, 3.63) is 66.0 Å². The zero-order chi connectivity index (χ0) is 19.1. The second-order valence-corrected chi connectivity index (χ2v) is 6.11. The Morgan fingerprint density at radius 3 is 2.59 bits per heavy atom. The van der Waals surface area contributed by atoms with Crippen LogP contribution < -0.4 is 10.5 Å². The van der Waals surface area contributed by atoms with Crippen LogP contribution in [0.1, 0.15) is 5.69 Å². The van der Waals surface area contributed by atoms with Gasteiger partial charge in [0.1, 0.15) is 11.6 Å². The third-order valence-electron chi connectivity index (χ3n) is 4.45. The monoisotopic (exact) mass is 366 g/mol. The zero-order valence-corrected chi connectivity index (χ0v) is 14.7. The van der Waals surface area contributed by atoms with Crippen LogP contribution in [0.2, 0.25) is 0 Å². The average Bonchev–Trinajstić information content (AvgIpc) is 3.08. The lowest BCUT2D eigenvalue weighted by molar-refractivity contribution is 0.415. The van der Waals surface area contributed by atoms with Crippen molar-refractivity contribution in [1.82, 2.24) is 14.6 Å². The van der Waals surface area contributed by atoms with E-state index in [2.05, 4.69) is 10.1 Å². The predicted octanol–water partition coefficient (Wildman–Crippen LogP) is 4.24. The van der Waals surface area contributed by atoms with E-state index in [4.69, 9.17) is 10.5 Å². The summed E-state index contributed by atoms with van der Waals surface area (Å²) in [5.41, 5.74) is 10.1. The van der Waals surface area contributed by atoms with E-state index >= 15 is 0 Å². The molecule has 2 aromatic heterocycles. The van der Waals surface area contributed by atoms with Gasteiger partial charge < -0.3 is 10.5 Å². The SMILES string of the molecule is COc1cccc(-c2cnn3c(N)c(-c4ccc(F)c(F)c4)c(C)nc23)c1. The molecule has 0 saturated heterocycles. The minimum Gasteiger partial charge on any atom is -0.497 e. The summed E-state index contributed by atoms with van der Waals surface area (Å²) in [5, 5.41) is 4.34. The van der Waals surface area contributed by atoms with Crippen molar-refractivity contribution in [2.45, 2.75) is 6.92 Å². The number of methoxy groups -OCH3 is 1. The molecular formula is C20H16F2N4O. The summed E-state index contributed by atoms with van der Waals surface area (Å²) in [4.78, 5) is 4.62. The van der Waals surface area contributed by atoms with E-state index in [1.165, 1.54) is 10.6 Å². The molecule has 0 radical (unpaired) electrons. The first-order chi connectivity index (χ1) is 13.0. The van der Waals surface area contributed by atoms with Crippen LogP contribution in [0.4, 0.5) is 14.6 Å². The molecule has 2 heterocycles. The van der Waals surface area contributed by atoms with E-state index in [1.807, 2.05) is 24.3 Å². The Hall–Kier alpha value is -3.48. The number of nitrogen functional groups attached to an aromatic ring is 1. The first-order valence-corrected chi connectivity index (χ1v) is 8.23. The number of hydrogen-bond donors (Lipinski definition) is 1. The normalized spacial score (nSPS) is 11.1. The molecule has 0 aliphatic rings. The van der Waals surface area contributed by atoms with Gasteiger partial charge in [-0.25, -0.2) is 13.8 Å². The molecule has 0 bridgehead atoms. The molecule has 0 saturated carbocycles. The minimum absolute atomic E-state index is 0.303. The van der Waals surface area contributed by atoms with Crippen molar-refractivity contribution in [2.24, 2.45) is 0 Å². The number of rotatable bonds is 3. The maximum absolute atomic E-state index is 13.7. The number of anilines is 1. The highest BCUT2D eigenvalue weighted by Gasteiger charge is 2.18. The summed E-state index contributed by atoms with van der Waals surface area (Å²) in [5.74, 6) is -0.833. The molecule has 7 heteroatoms. The van der Waals surface area contributed by atoms with Crippen LogP contribution in [0.15, 0.2) is 48.7 Å². The highest BCUT2D eigenvalue weighted by atomic mass is 19.2. The van der Waals surface area contributed by atoms with E-state index in [-0.39, 0.29) is 0 Å². The highest BCUT2D eigenvalue weighted by Crippen LogP contribution is 2.33. The van der Waals surface area contributed by atoms with E-state index < -0.39 is 11.6 Å². The molecule has 0 unspecified atom stereocenters. The lowest BCUT2D eigenvalue weighted by Crippen LogP contribution is -2.06. The number of halogens is 2. The first kappa shape index (κ1) is 17.0. The van der Waals surface area contributed by atoms with E-state index in [9.17, 15) is 8.78 Å². The molecule has 5 nitrogen and oxygen atoms in total. The van der Waals surface area contributed by atoms with Gasteiger partial charge in [0.25, 0.3) is 0 Å². The number of ether oxygens (including phenoxy) is 1. The average molecular weight is 366 g/mol. The molecule has 2 aromatic carbocycles. The Labute approximate surface area is 154 Å². The second kappa shape index (κ2) is 6.35. The second-order valence-electron chi connectivity index (χ2n) is 6.11. The summed E-state index contributed by atoms with van der Waals surface area (Å²) >= 11 is 0. The minimum atomic E-state index is -0.941. The van der Waals surface area contributed by atoms with Gasteiger partial charge in [0.05, 0.1) is 19.0 Å². The van der Waals surface area contributed by atoms with Gasteiger partial charge in [-0.2, -0.15) is 9.61 Å². The van der Waals surface area contributed by atoms with Crippen LogP contribution in [0, 0.1) is 18.6 Å². The predicted molar refractivity (Wildman–Crippen MR) is 99.5 cm³/mol. The Bertz CT molecular complexity index is 1170. The molecule has 4 aromatic rings. The van der Waals surface area contributed by atoms with E-state index in [0.717, 1.165) is 29.0 Å². The number of aryl methyl sites for hydroxylation is 1. The van der Waals surface area contributed by atoms with Gasteiger partial charge in [0.2, 0.25) is 0 Å². The summed E-state index contributed by atoms with van der Waals surface area (Å²) in [7, 11) is 1.60. The molecule has 0 aliphatic heterocycles. The molecule has 0 aliphatic carbocycles. The van der Waals surface area contributed by atoms with Crippen molar-refractivity contribution in [2.75, 3.05) is 12.8 Å². The van der Waals surface area contributed by atoms with Gasteiger partial charge in [-0.05, 0) is 42.3 Å². The molecule has 0 atom stereocenters. The third-order valence-corrected chi connectivity index (χ3v) is 4.45. The molecule has 0 spiro atoms. The number of nitrogens with two attached hydrogens (primary N) is 1. The molecular weight excluding hydrogens is 350 g/mol. The zero-order valence-electron chi connectivity index (χ0n) is 14.7. The van der Waals surface area contributed by atoms with E-state index in [1.54, 1.807) is 20.2 Å². The van der Waals surface area contributed by atoms with Crippen molar-refractivity contribution < 1.29 is 13.5 Å². The summed E-state index contributed by atoms with van der Waals surface area (Å²) < 4.78 is 33.7. The summed E-state index contributed by atoms with van der Waals surface area (Å²) in [6.07, 6.45) is 1.67. The summed E-state index contributed by atoms with van der Waals surface area (Å²) in [6, 6.07) is 11.2. The fourth-order valence-electron chi connectivity index (χ4n) is 3.13. The molecule has 4 rings (SSSR count). The Kier molecular flexibility index (Phi) is 3.99. The number of nitrogens with zero attached hydrogens (tertiary/aromatic N) is 3. The maximum Gasteiger partial charge on any atom is 0.165 e. The van der Waals surface area contributed by atoms with Crippen LogP contribution in [0.5, 0.6) is 5.75 Å². The van der Waals surface area contributed by atoms with Gasteiger partial charge in [0.15, 0.2) is 17.3 Å². The smallest absolute Gasteiger partial charge is 0.165 e. The molecule has 0 fully saturated rings. The van der Waals surface area contributed by atoms with Crippen LogP contribution >= 0.6 is 0 Å². The molecule has 27 heavy (non-hydrogen) atoms. The Morgan fingerprint density at radius 2 is 1.85 bits per heavy atom. The molecule has 2 N–H and O–H groups in total. The van der Waals surface area contributed by atoms with Crippen molar-refractivity contribution >= 4 is 11.5 Å². The van der Waals surface area contributed by atoms with Crippen LogP contribution in [0.3, 0.4) is 0 Å². The maximum atomic E-state index is 13.7. The van der Waals surface area contributed by atoms with Gasteiger partial charge in [-0.3, -0.25) is 0 Å². The fraction of sp³-hybridized carbons (Fsp3) is 0.100. The number of benzene rings is 2. The van der Waals surface area contributed by atoms with Crippen molar-refractivity contribution in [3.8, 4) is 28.0 Å². The molecule has 0 amide bonds. The Morgan fingerprint density at radius 1 is 1.04 bits per heavy atom. The van der Waals surface area contributed by atoms with Crippen molar-refractivity contribution in [3.63, 3.8) is 0 Å². The lowest BCUT2D eigenvalue weighted by Gasteiger charge is -2.12. The van der Waals surface area contributed by atoms with Crippen molar-refractivity contribution in [1.29, 1.82) is 0 Å². The van der Waals surface area contributed by atoms with Gasteiger partial charge in [-0.1, -0.05) is 18.2 Å². The van der Waals surface area contributed by atoms with Crippen LogP contribution in [-0.2, 0) is 0 Å². The van der Waals surface area contributed by atoms with E-state index in [0.29, 0.717) is 28.3 Å². The summed E-state index contributed by atoms with van der Waals surface area (Å²) in [6.45, 7) is 1.77. The third kappa shape index (κ3) is 2.77. The first-order valence-electron chi connectivity index (χ1n) is 8.23. The van der Waals surface area contributed by atoms with Crippen LogP contribution in [-0.4, -0.2) is 21.7 Å². The van der Waals surface area contributed by atoms with Crippen LogP contribution in [0.25, 0.3) is 27.9 Å². The highest BCUT2D eigenvalue weighted by molar-refractivity contribution is 5.83. The number of hydrogen-bond acceptors (Lipinski definition) is 4. The van der Waals surface area contributed by atoms with Gasteiger partial charge in [-0.15, -0.1) is 0 Å². The standard InChI is InChI=1S/C20H16F2N4O/c1-11-18(13-6-7-16(21)17(22)9-13)19(23)26-20(25-11)15(10-24-26)12-4-3-5-14(8-12)27-2/h3-10H,23H2,1-2H3. The topological polar surface area (TPSA) is 65.4 Å². The number of aromatic nitrogens is 3. The molecule has 136 valence electrons. The van der Waals surface area contributed by atoms with Gasteiger partial charge >= 0.3 is 0 Å². The Balaban J connectivity index is 1.92. The largest absolute Gasteiger partial charge is 0.497 e. The van der Waals surface area contributed by atoms with Gasteiger partial charge in [0, 0.05) is 11.1 Å². The quantitative estimate of drug-likeness (QED) is 0.589. The lowest BCUT2D eigenvalue weighted by atomic mass is 10.0. The fourth-order valence-corrected chi connectivity index (χ4v) is 3.13.